The smallest absolute Gasteiger partial charge is 0.231 e. The van der Waals surface area contributed by atoms with E-state index in [1.807, 2.05) is 0 Å². The predicted octanol–water partition coefficient (Wildman–Crippen LogP) is 1.49. The van der Waals surface area contributed by atoms with Crippen LogP contribution in [0.3, 0.4) is 0 Å². The van der Waals surface area contributed by atoms with Gasteiger partial charge in [-0.1, -0.05) is 0 Å². The van der Waals surface area contributed by atoms with E-state index < -0.39 is 0 Å². The standard InChI is InChI=1S/C11H11NO4/c1-6-3-9-11(16-5-15-9)10(8(6)4-13)12-7(2)14/h3-4H,5H2,1-2H3,(H,12,14). The normalized spacial score (nSPS) is 12.4. The van der Waals surface area contributed by atoms with Crippen LogP contribution in [0.5, 0.6) is 11.5 Å². The highest BCUT2D eigenvalue weighted by atomic mass is 16.7. The van der Waals surface area contributed by atoms with Crippen LogP contribution < -0.4 is 14.8 Å². The minimum Gasteiger partial charge on any atom is -0.453 e. The third kappa shape index (κ3) is 1.60. The Labute approximate surface area is 92.4 Å². The van der Waals surface area contributed by atoms with Gasteiger partial charge in [0, 0.05) is 12.5 Å². The van der Waals surface area contributed by atoms with Crippen molar-refractivity contribution in [3.05, 3.63) is 17.2 Å². The first-order valence-corrected chi connectivity index (χ1v) is 4.79. The number of amides is 1. The Balaban J connectivity index is 2.61. The summed E-state index contributed by atoms with van der Waals surface area (Å²) < 4.78 is 10.4. The summed E-state index contributed by atoms with van der Waals surface area (Å²) in [5.41, 5.74) is 1.54. The summed E-state index contributed by atoms with van der Waals surface area (Å²) in [6.45, 7) is 3.25. The first-order chi connectivity index (χ1) is 7.63. The largest absolute Gasteiger partial charge is 0.453 e. The number of hydrogen-bond acceptors (Lipinski definition) is 4. The Morgan fingerprint density at radius 2 is 2.25 bits per heavy atom. The van der Waals surface area contributed by atoms with Crippen LogP contribution in [0.2, 0.25) is 0 Å². The van der Waals surface area contributed by atoms with E-state index in [0.29, 0.717) is 29.0 Å². The number of fused-ring (bicyclic) bond motifs is 1. The Morgan fingerprint density at radius 3 is 2.88 bits per heavy atom. The molecule has 0 unspecified atom stereocenters. The van der Waals surface area contributed by atoms with E-state index in [1.165, 1.54) is 6.92 Å². The third-order valence-electron chi connectivity index (χ3n) is 2.33. The quantitative estimate of drug-likeness (QED) is 0.768. The van der Waals surface area contributed by atoms with Gasteiger partial charge in [0.1, 0.15) is 0 Å². The molecule has 84 valence electrons. The van der Waals surface area contributed by atoms with Crippen molar-refractivity contribution in [1.29, 1.82) is 0 Å². The van der Waals surface area contributed by atoms with Crippen molar-refractivity contribution in [2.75, 3.05) is 12.1 Å². The lowest BCUT2D eigenvalue weighted by atomic mass is 10.1. The molecule has 0 radical (unpaired) electrons. The first kappa shape index (κ1) is 10.5. The van der Waals surface area contributed by atoms with E-state index in [9.17, 15) is 9.59 Å². The van der Waals surface area contributed by atoms with E-state index in [4.69, 9.17) is 9.47 Å². The molecule has 1 heterocycles. The lowest BCUT2D eigenvalue weighted by Gasteiger charge is -2.11. The molecule has 1 aromatic carbocycles. The first-order valence-electron chi connectivity index (χ1n) is 4.79. The van der Waals surface area contributed by atoms with Gasteiger partial charge in [0.2, 0.25) is 12.7 Å². The second kappa shape index (κ2) is 3.84. The zero-order chi connectivity index (χ0) is 11.7. The van der Waals surface area contributed by atoms with Gasteiger partial charge >= 0.3 is 0 Å². The summed E-state index contributed by atoms with van der Waals surface area (Å²) in [5, 5.41) is 2.59. The van der Waals surface area contributed by atoms with Crippen LogP contribution in [-0.4, -0.2) is 19.0 Å². The van der Waals surface area contributed by atoms with Crippen LogP contribution in [0.25, 0.3) is 0 Å². The Bertz CT molecular complexity index is 468. The number of carbonyl (C=O) groups excluding carboxylic acids is 2. The third-order valence-corrected chi connectivity index (χ3v) is 2.33. The molecular weight excluding hydrogens is 210 g/mol. The predicted molar refractivity (Wildman–Crippen MR) is 57.0 cm³/mol. The highest BCUT2D eigenvalue weighted by Gasteiger charge is 2.23. The maximum atomic E-state index is 11.1. The zero-order valence-electron chi connectivity index (χ0n) is 8.99. The minimum atomic E-state index is -0.258. The number of benzene rings is 1. The highest BCUT2D eigenvalue weighted by Crippen LogP contribution is 2.42. The molecule has 1 amide bonds. The lowest BCUT2D eigenvalue weighted by Crippen LogP contribution is -2.09. The van der Waals surface area contributed by atoms with Crippen LogP contribution in [0.1, 0.15) is 22.8 Å². The van der Waals surface area contributed by atoms with Gasteiger partial charge in [-0.05, 0) is 18.6 Å². The van der Waals surface area contributed by atoms with Crippen molar-refractivity contribution in [3.8, 4) is 11.5 Å². The molecule has 2 rings (SSSR count). The van der Waals surface area contributed by atoms with E-state index in [1.54, 1.807) is 13.0 Å². The molecule has 0 aliphatic carbocycles. The highest BCUT2D eigenvalue weighted by molar-refractivity contribution is 5.99. The van der Waals surface area contributed by atoms with Gasteiger partial charge in [-0.15, -0.1) is 0 Å². The fourth-order valence-corrected chi connectivity index (χ4v) is 1.64. The number of ether oxygens (including phenoxy) is 2. The van der Waals surface area contributed by atoms with Gasteiger partial charge in [0.25, 0.3) is 0 Å². The molecule has 0 atom stereocenters. The summed E-state index contributed by atoms with van der Waals surface area (Å²) in [4.78, 5) is 22.1. The molecule has 1 aliphatic rings. The average Bonchev–Trinajstić information content (AvgIpc) is 2.64. The van der Waals surface area contributed by atoms with E-state index >= 15 is 0 Å². The minimum absolute atomic E-state index is 0.101. The van der Waals surface area contributed by atoms with Crippen molar-refractivity contribution in [3.63, 3.8) is 0 Å². The van der Waals surface area contributed by atoms with Crippen molar-refractivity contribution in [2.45, 2.75) is 13.8 Å². The van der Waals surface area contributed by atoms with Crippen molar-refractivity contribution in [1.82, 2.24) is 0 Å². The summed E-state index contributed by atoms with van der Waals surface area (Å²) >= 11 is 0. The van der Waals surface area contributed by atoms with Gasteiger partial charge in [0.15, 0.2) is 17.8 Å². The molecule has 1 aromatic rings. The molecule has 0 spiro atoms. The number of nitrogens with one attached hydrogen (secondary N) is 1. The van der Waals surface area contributed by atoms with Crippen molar-refractivity contribution < 1.29 is 19.1 Å². The Hall–Kier alpha value is -2.04. The van der Waals surface area contributed by atoms with Gasteiger partial charge in [-0.3, -0.25) is 9.59 Å². The SMILES string of the molecule is CC(=O)Nc1c(C=O)c(C)cc2c1OCO2. The number of carbonyl (C=O) groups is 2. The molecule has 5 heteroatoms. The molecule has 16 heavy (non-hydrogen) atoms. The van der Waals surface area contributed by atoms with Crippen LogP contribution in [0.15, 0.2) is 6.07 Å². The van der Waals surface area contributed by atoms with Crippen molar-refractivity contribution in [2.24, 2.45) is 0 Å². The van der Waals surface area contributed by atoms with Gasteiger partial charge in [0.05, 0.1) is 5.69 Å². The molecule has 0 fully saturated rings. The number of hydrogen-bond donors (Lipinski definition) is 1. The van der Waals surface area contributed by atoms with Crippen LogP contribution in [0.4, 0.5) is 5.69 Å². The maximum absolute atomic E-state index is 11.1. The summed E-state index contributed by atoms with van der Waals surface area (Å²) in [7, 11) is 0. The number of aldehydes is 1. The van der Waals surface area contributed by atoms with Gasteiger partial charge < -0.3 is 14.8 Å². The second-order valence-corrected chi connectivity index (χ2v) is 3.51. The lowest BCUT2D eigenvalue weighted by molar-refractivity contribution is -0.114. The van der Waals surface area contributed by atoms with Crippen molar-refractivity contribution >= 4 is 17.9 Å². The fraction of sp³-hybridized carbons (Fsp3) is 0.273. The number of aryl methyl sites for hydroxylation is 1. The zero-order valence-corrected chi connectivity index (χ0v) is 8.99. The fourth-order valence-electron chi connectivity index (χ4n) is 1.64. The second-order valence-electron chi connectivity index (χ2n) is 3.51. The molecule has 0 bridgehead atoms. The average molecular weight is 221 g/mol. The molecular formula is C11H11NO4. The van der Waals surface area contributed by atoms with E-state index in [2.05, 4.69) is 5.32 Å². The summed E-state index contributed by atoms with van der Waals surface area (Å²) in [5.74, 6) is 0.709. The Kier molecular flexibility index (Phi) is 2.52. The monoisotopic (exact) mass is 221 g/mol. The molecule has 0 saturated heterocycles. The van der Waals surface area contributed by atoms with E-state index in [-0.39, 0.29) is 12.7 Å². The van der Waals surface area contributed by atoms with Crippen LogP contribution in [0, 0.1) is 6.92 Å². The number of rotatable bonds is 2. The maximum Gasteiger partial charge on any atom is 0.231 e. The number of anilines is 1. The molecule has 1 aliphatic heterocycles. The molecule has 1 N–H and O–H groups in total. The molecule has 0 saturated carbocycles. The topological polar surface area (TPSA) is 64.6 Å². The van der Waals surface area contributed by atoms with Gasteiger partial charge in [-0.2, -0.15) is 0 Å². The Morgan fingerprint density at radius 1 is 1.50 bits per heavy atom. The van der Waals surface area contributed by atoms with Gasteiger partial charge in [-0.25, -0.2) is 0 Å². The summed E-state index contributed by atoms with van der Waals surface area (Å²) in [6, 6.07) is 1.72. The van der Waals surface area contributed by atoms with E-state index in [0.717, 1.165) is 5.56 Å². The summed E-state index contributed by atoms with van der Waals surface area (Å²) in [6.07, 6.45) is 0.697. The molecule has 0 aromatic heterocycles. The molecule has 5 nitrogen and oxygen atoms in total. The van der Waals surface area contributed by atoms with Crippen LogP contribution in [-0.2, 0) is 4.79 Å². The van der Waals surface area contributed by atoms with Crippen LogP contribution >= 0.6 is 0 Å².